The van der Waals surface area contributed by atoms with Gasteiger partial charge in [0.2, 0.25) is 0 Å². The molecule has 2 heteroatoms. The molecule has 1 saturated heterocycles. The number of nitrogens with one attached hydrogen (secondary N) is 1. The first-order chi connectivity index (χ1) is 4.93. The fraction of sp³-hybridized carbons (Fsp3) is 1.00. The van der Waals surface area contributed by atoms with Gasteiger partial charge in [-0.05, 0) is 19.9 Å². The van der Waals surface area contributed by atoms with Crippen LogP contribution in [-0.4, -0.2) is 25.8 Å². The third-order valence-electron chi connectivity index (χ3n) is 1.42. The lowest BCUT2D eigenvalue weighted by Gasteiger charge is -2.05. The molecule has 0 saturated carbocycles. The highest BCUT2D eigenvalue weighted by Crippen LogP contribution is 2.01. The van der Waals surface area contributed by atoms with E-state index in [4.69, 9.17) is 4.74 Å². The van der Waals surface area contributed by atoms with Crippen LogP contribution in [0.2, 0.25) is 0 Å². The van der Waals surface area contributed by atoms with E-state index in [1.807, 2.05) is 20.8 Å². The molecule has 1 N–H and O–H groups in total. The highest BCUT2D eigenvalue weighted by Gasteiger charge is 2.12. The van der Waals surface area contributed by atoms with Crippen LogP contribution >= 0.6 is 0 Å². The molecule has 1 heterocycles. The van der Waals surface area contributed by atoms with Crippen LogP contribution < -0.4 is 5.32 Å². The minimum Gasteiger partial charge on any atom is -0.377 e. The standard InChI is InChI=1S/C6H13NO.C2H6/c1-2-8-6-3-4-7-5-6;1-2/h6-7H,2-5H2,1H3;1-2H3. The van der Waals surface area contributed by atoms with Gasteiger partial charge in [-0.25, -0.2) is 0 Å². The topological polar surface area (TPSA) is 21.3 Å². The van der Waals surface area contributed by atoms with Crippen LogP contribution in [0.3, 0.4) is 0 Å². The zero-order chi connectivity index (χ0) is 7.82. The van der Waals surface area contributed by atoms with Gasteiger partial charge in [-0.1, -0.05) is 13.8 Å². The third kappa shape index (κ3) is 3.85. The van der Waals surface area contributed by atoms with E-state index < -0.39 is 0 Å². The van der Waals surface area contributed by atoms with E-state index in [1.54, 1.807) is 0 Å². The molecule has 1 fully saturated rings. The number of hydrogen-bond donors (Lipinski definition) is 1. The van der Waals surface area contributed by atoms with Crippen LogP contribution in [0.4, 0.5) is 0 Å². The lowest BCUT2D eigenvalue weighted by molar-refractivity contribution is 0.0775. The molecule has 62 valence electrons. The first-order valence-corrected chi connectivity index (χ1v) is 4.26. The van der Waals surface area contributed by atoms with Crippen molar-refractivity contribution in [2.75, 3.05) is 19.7 Å². The Morgan fingerprint density at radius 2 is 2.20 bits per heavy atom. The predicted molar refractivity (Wildman–Crippen MR) is 44.2 cm³/mol. The molecule has 2 nitrogen and oxygen atoms in total. The van der Waals surface area contributed by atoms with Crippen LogP contribution in [0.5, 0.6) is 0 Å². The Kier molecular flexibility index (Phi) is 6.98. The van der Waals surface area contributed by atoms with E-state index in [1.165, 1.54) is 6.42 Å². The minimum atomic E-state index is 0.500. The first kappa shape index (κ1) is 9.92. The van der Waals surface area contributed by atoms with Gasteiger partial charge in [0.15, 0.2) is 0 Å². The molecule has 1 aliphatic heterocycles. The molecule has 0 bridgehead atoms. The van der Waals surface area contributed by atoms with Crippen molar-refractivity contribution in [2.24, 2.45) is 0 Å². The average molecular weight is 145 g/mol. The van der Waals surface area contributed by atoms with Crippen LogP contribution in [0.15, 0.2) is 0 Å². The summed E-state index contributed by atoms with van der Waals surface area (Å²) in [6, 6.07) is 0. The molecular formula is C8H19NO. The Morgan fingerprint density at radius 3 is 2.60 bits per heavy atom. The van der Waals surface area contributed by atoms with Crippen molar-refractivity contribution in [3.8, 4) is 0 Å². The van der Waals surface area contributed by atoms with Crippen molar-refractivity contribution >= 4 is 0 Å². The van der Waals surface area contributed by atoms with E-state index in [0.717, 1.165) is 19.7 Å². The fourth-order valence-corrected chi connectivity index (χ4v) is 1.01. The lowest BCUT2D eigenvalue weighted by Crippen LogP contribution is -2.16. The predicted octanol–water partition coefficient (Wildman–Crippen LogP) is 1.41. The van der Waals surface area contributed by atoms with Crippen LogP contribution in [0.25, 0.3) is 0 Å². The van der Waals surface area contributed by atoms with Gasteiger partial charge < -0.3 is 10.1 Å². The Morgan fingerprint density at radius 1 is 1.50 bits per heavy atom. The molecule has 0 aliphatic carbocycles. The van der Waals surface area contributed by atoms with Gasteiger partial charge >= 0.3 is 0 Å². The van der Waals surface area contributed by atoms with Gasteiger partial charge in [-0.3, -0.25) is 0 Å². The van der Waals surface area contributed by atoms with Gasteiger partial charge in [0.25, 0.3) is 0 Å². The molecular weight excluding hydrogens is 126 g/mol. The summed E-state index contributed by atoms with van der Waals surface area (Å²) in [6.07, 6.45) is 1.69. The van der Waals surface area contributed by atoms with Crippen molar-refractivity contribution < 1.29 is 4.74 Å². The van der Waals surface area contributed by atoms with Gasteiger partial charge in [-0.15, -0.1) is 0 Å². The monoisotopic (exact) mass is 145 g/mol. The van der Waals surface area contributed by atoms with E-state index in [0.29, 0.717) is 6.10 Å². The van der Waals surface area contributed by atoms with Crippen molar-refractivity contribution in [1.82, 2.24) is 5.32 Å². The molecule has 0 radical (unpaired) electrons. The summed E-state index contributed by atoms with van der Waals surface area (Å²) in [5.41, 5.74) is 0. The Labute approximate surface area is 64.0 Å². The maximum Gasteiger partial charge on any atom is 0.0711 e. The molecule has 0 spiro atoms. The molecule has 1 aliphatic rings. The van der Waals surface area contributed by atoms with Gasteiger partial charge in [0, 0.05) is 13.2 Å². The largest absolute Gasteiger partial charge is 0.377 e. The van der Waals surface area contributed by atoms with Crippen molar-refractivity contribution in [1.29, 1.82) is 0 Å². The Bertz CT molecular complexity index is 60.3. The van der Waals surface area contributed by atoms with Gasteiger partial charge in [-0.2, -0.15) is 0 Å². The summed E-state index contributed by atoms with van der Waals surface area (Å²) in [4.78, 5) is 0. The highest BCUT2D eigenvalue weighted by atomic mass is 16.5. The summed E-state index contributed by atoms with van der Waals surface area (Å²) in [6.45, 7) is 9.07. The van der Waals surface area contributed by atoms with Crippen molar-refractivity contribution in [2.45, 2.75) is 33.3 Å². The summed E-state index contributed by atoms with van der Waals surface area (Å²) in [5, 5.41) is 3.23. The smallest absolute Gasteiger partial charge is 0.0711 e. The van der Waals surface area contributed by atoms with E-state index in [2.05, 4.69) is 5.32 Å². The maximum absolute atomic E-state index is 5.34. The summed E-state index contributed by atoms with van der Waals surface area (Å²) in [7, 11) is 0. The zero-order valence-corrected chi connectivity index (χ0v) is 7.31. The molecule has 0 aromatic heterocycles. The molecule has 10 heavy (non-hydrogen) atoms. The van der Waals surface area contributed by atoms with E-state index >= 15 is 0 Å². The second kappa shape index (κ2) is 7.03. The van der Waals surface area contributed by atoms with Crippen molar-refractivity contribution in [3.63, 3.8) is 0 Å². The van der Waals surface area contributed by atoms with Crippen LogP contribution in [0.1, 0.15) is 27.2 Å². The molecule has 1 rings (SSSR count). The van der Waals surface area contributed by atoms with Gasteiger partial charge in [0.05, 0.1) is 6.10 Å². The summed E-state index contributed by atoms with van der Waals surface area (Å²) < 4.78 is 5.34. The number of rotatable bonds is 2. The number of hydrogen-bond acceptors (Lipinski definition) is 2. The lowest BCUT2D eigenvalue weighted by atomic mass is 10.3. The zero-order valence-electron chi connectivity index (χ0n) is 7.31. The summed E-state index contributed by atoms with van der Waals surface area (Å²) >= 11 is 0. The summed E-state index contributed by atoms with van der Waals surface area (Å²) in [5.74, 6) is 0. The van der Waals surface area contributed by atoms with Crippen LogP contribution in [-0.2, 0) is 4.74 Å². The minimum absolute atomic E-state index is 0.500. The van der Waals surface area contributed by atoms with E-state index in [-0.39, 0.29) is 0 Å². The average Bonchev–Trinajstić information content (AvgIpc) is 2.46. The molecule has 0 amide bonds. The first-order valence-electron chi connectivity index (χ1n) is 4.26. The van der Waals surface area contributed by atoms with Gasteiger partial charge in [0.1, 0.15) is 0 Å². The fourth-order valence-electron chi connectivity index (χ4n) is 1.01. The Balaban J connectivity index is 0.000000371. The highest BCUT2D eigenvalue weighted by molar-refractivity contribution is 4.70. The number of ether oxygens (including phenoxy) is 1. The quantitative estimate of drug-likeness (QED) is 0.634. The van der Waals surface area contributed by atoms with E-state index in [9.17, 15) is 0 Å². The van der Waals surface area contributed by atoms with Crippen molar-refractivity contribution in [3.05, 3.63) is 0 Å². The molecule has 0 aromatic rings. The third-order valence-corrected chi connectivity index (χ3v) is 1.42. The van der Waals surface area contributed by atoms with Crippen LogP contribution in [0, 0.1) is 0 Å². The molecule has 1 unspecified atom stereocenters. The molecule has 0 aromatic carbocycles. The second-order valence-corrected chi connectivity index (χ2v) is 2.07. The molecule has 1 atom stereocenters. The maximum atomic E-state index is 5.34. The second-order valence-electron chi connectivity index (χ2n) is 2.07. The normalized spacial score (nSPS) is 23.7. The SMILES string of the molecule is CC.CCOC1CCNC1. The Hall–Kier alpha value is -0.0800.